The Morgan fingerprint density at radius 1 is 0.909 bits per heavy atom. The minimum Gasteiger partial charge on any atom is -0.393 e. The summed E-state index contributed by atoms with van der Waals surface area (Å²) < 4.78 is 0. The summed E-state index contributed by atoms with van der Waals surface area (Å²) in [5, 5.41) is 21.2. The number of aliphatic hydroxyl groups is 2. The highest BCUT2D eigenvalue weighted by Crippen LogP contribution is 2.67. The second-order valence-corrected chi connectivity index (χ2v) is 9.76. The second-order valence-electron chi connectivity index (χ2n) is 9.76. The van der Waals surface area contributed by atoms with Crippen molar-refractivity contribution in [3.63, 3.8) is 0 Å². The smallest absolute Gasteiger partial charge is 0.0581 e. The Labute approximate surface area is 135 Å². The highest BCUT2D eigenvalue weighted by Gasteiger charge is 2.62. The molecule has 4 saturated carbocycles. The molecule has 0 unspecified atom stereocenters. The molecule has 0 aliphatic heterocycles. The highest BCUT2D eigenvalue weighted by atomic mass is 16.3. The highest BCUT2D eigenvalue weighted by molar-refractivity contribution is 5.11. The molecule has 4 rings (SSSR count). The van der Waals surface area contributed by atoms with E-state index in [-0.39, 0.29) is 17.6 Å². The Hall–Kier alpha value is -0.0800. The molecule has 4 aliphatic rings. The van der Waals surface area contributed by atoms with Gasteiger partial charge in [0.1, 0.15) is 0 Å². The van der Waals surface area contributed by atoms with Crippen molar-refractivity contribution in [1.29, 1.82) is 0 Å². The number of hydrogen-bond donors (Lipinski definition) is 2. The van der Waals surface area contributed by atoms with Crippen LogP contribution in [0, 0.1) is 40.4 Å². The lowest BCUT2D eigenvalue weighted by atomic mass is 9.44. The maximum atomic E-state index is 11.1. The molecule has 0 aromatic carbocycles. The first kappa shape index (κ1) is 15.4. The molecule has 9 atom stereocenters. The van der Waals surface area contributed by atoms with Crippen molar-refractivity contribution in [3.8, 4) is 0 Å². The minimum atomic E-state index is -0.116. The van der Waals surface area contributed by atoms with Crippen LogP contribution in [0.25, 0.3) is 0 Å². The van der Waals surface area contributed by atoms with Gasteiger partial charge < -0.3 is 10.2 Å². The molecule has 0 aromatic heterocycles. The first-order chi connectivity index (χ1) is 10.4. The first-order valence-electron chi connectivity index (χ1n) is 9.72. The topological polar surface area (TPSA) is 40.5 Å². The zero-order chi connectivity index (χ0) is 15.7. The zero-order valence-corrected chi connectivity index (χ0v) is 14.6. The van der Waals surface area contributed by atoms with E-state index >= 15 is 0 Å². The Morgan fingerprint density at radius 2 is 1.68 bits per heavy atom. The molecule has 2 N–H and O–H groups in total. The standard InChI is InChI=1S/C20H34O2/c1-12-4-7-16-15-6-5-13-10-14(21)8-9-19(13,2)18(15)17(22)11-20(12,16)3/h12-18,21-22H,4-11H2,1-3H3/t12-,13-,14+,15-,16-,17-,18+,19-,20+/m0/s1. The third kappa shape index (κ3) is 1.92. The van der Waals surface area contributed by atoms with Gasteiger partial charge >= 0.3 is 0 Å². The van der Waals surface area contributed by atoms with E-state index in [1.54, 1.807) is 0 Å². The van der Waals surface area contributed by atoms with Crippen LogP contribution in [0.2, 0.25) is 0 Å². The fourth-order valence-corrected chi connectivity index (χ4v) is 7.61. The lowest BCUT2D eigenvalue weighted by Crippen LogP contribution is -2.58. The molecular weight excluding hydrogens is 272 g/mol. The monoisotopic (exact) mass is 306 g/mol. The van der Waals surface area contributed by atoms with Crippen molar-refractivity contribution < 1.29 is 10.2 Å². The van der Waals surface area contributed by atoms with Crippen LogP contribution in [0.3, 0.4) is 0 Å². The normalized spacial score (nSPS) is 61.2. The van der Waals surface area contributed by atoms with Crippen molar-refractivity contribution in [2.75, 3.05) is 0 Å². The third-order valence-electron chi connectivity index (χ3n) is 9.04. The van der Waals surface area contributed by atoms with Crippen LogP contribution in [0.15, 0.2) is 0 Å². The van der Waals surface area contributed by atoms with E-state index in [1.807, 2.05) is 0 Å². The molecule has 2 heteroatoms. The lowest BCUT2D eigenvalue weighted by Gasteiger charge is -2.62. The van der Waals surface area contributed by atoms with E-state index < -0.39 is 0 Å². The molecule has 22 heavy (non-hydrogen) atoms. The lowest BCUT2D eigenvalue weighted by molar-refractivity contribution is -0.176. The summed E-state index contributed by atoms with van der Waals surface area (Å²) in [5.74, 6) is 3.46. The molecule has 0 aromatic rings. The van der Waals surface area contributed by atoms with Gasteiger partial charge in [0.2, 0.25) is 0 Å². The van der Waals surface area contributed by atoms with Crippen molar-refractivity contribution in [2.24, 2.45) is 40.4 Å². The van der Waals surface area contributed by atoms with Gasteiger partial charge in [-0.05, 0) is 91.8 Å². The van der Waals surface area contributed by atoms with Gasteiger partial charge in [0.05, 0.1) is 12.2 Å². The van der Waals surface area contributed by atoms with E-state index in [0.717, 1.165) is 43.4 Å². The van der Waals surface area contributed by atoms with Crippen LogP contribution in [0.1, 0.15) is 72.1 Å². The van der Waals surface area contributed by atoms with Crippen molar-refractivity contribution >= 4 is 0 Å². The summed E-state index contributed by atoms with van der Waals surface area (Å²) in [5.41, 5.74) is 0.646. The third-order valence-corrected chi connectivity index (χ3v) is 9.04. The van der Waals surface area contributed by atoms with Gasteiger partial charge in [-0.2, -0.15) is 0 Å². The number of aliphatic hydroxyl groups excluding tert-OH is 2. The molecule has 0 spiro atoms. The zero-order valence-electron chi connectivity index (χ0n) is 14.6. The minimum absolute atomic E-state index is 0.0906. The summed E-state index contributed by atoms with van der Waals surface area (Å²) in [7, 11) is 0. The molecular formula is C20H34O2. The second kappa shape index (κ2) is 4.96. The molecule has 126 valence electrons. The maximum Gasteiger partial charge on any atom is 0.0581 e. The summed E-state index contributed by atoms with van der Waals surface area (Å²) in [4.78, 5) is 0. The first-order valence-corrected chi connectivity index (χ1v) is 9.72. The number of hydrogen-bond acceptors (Lipinski definition) is 2. The van der Waals surface area contributed by atoms with Gasteiger partial charge in [-0.15, -0.1) is 0 Å². The Morgan fingerprint density at radius 3 is 2.45 bits per heavy atom. The molecule has 0 heterocycles. The van der Waals surface area contributed by atoms with Gasteiger partial charge in [-0.25, -0.2) is 0 Å². The number of fused-ring (bicyclic) bond motifs is 5. The maximum absolute atomic E-state index is 11.1. The van der Waals surface area contributed by atoms with E-state index in [1.165, 1.54) is 25.7 Å². The summed E-state index contributed by atoms with van der Waals surface area (Å²) in [6.07, 6.45) is 9.17. The van der Waals surface area contributed by atoms with Crippen LogP contribution in [-0.2, 0) is 0 Å². The molecule has 4 fully saturated rings. The predicted molar refractivity (Wildman–Crippen MR) is 88.3 cm³/mol. The molecule has 0 amide bonds. The van der Waals surface area contributed by atoms with E-state index in [9.17, 15) is 10.2 Å². The van der Waals surface area contributed by atoms with Crippen molar-refractivity contribution in [2.45, 2.75) is 84.3 Å². The largest absolute Gasteiger partial charge is 0.393 e. The average molecular weight is 306 g/mol. The molecule has 0 bridgehead atoms. The van der Waals surface area contributed by atoms with Crippen LogP contribution in [0.4, 0.5) is 0 Å². The van der Waals surface area contributed by atoms with Crippen LogP contribution >= 0.6 is 0 Å². The van der Waals surface area contributed by atoms with Crippen LogP contribution < -0.4 is 0 Å². The SMILES string of the molecule is C[C@H]1CC[C@H]2[C@@H]3CC[C@H]4C[C@H](O)CC[C@]4(C)[C@H]3[C@@H](O)C[C@]12C. The van der Waals surface area contributed by atoms with Crippen LogP contribution in [-0.4, -0.2) is 22.4 Å². The molecule has 0 radical (unpaired) electrons. The van der Waals surface area contributed by atoms with E-state index in [2.05, 4.69) is 20.8 Å². The van der Waals surface area contributed by atoms with Crippen molar-refractivity contribution in [1.82, 2.24) is 0 Å². The van der Waals surface area contributed by atoms with Crippen molar-refractivity contribution in [3.05, 3.63) is 0 Å². The number of rotatable bonds is 0. The molecule has 4 aliphatic carbocycles. The van der Waals surface area contributed by atoms with Gasteiger partial charge in [0, 0.05) is 0 Å². The van der Waals surface area contributed by atoms with Gasteiger partial charge in [0.25, 0.3) is 0 Å². The van der Waals surface area contributed by atoms with E-state index in [0.29, 0.717) is 17.3 Å². The fraction of sp³-hybridized carbons (Fsp3) is 1.00. The Bertz CT molecular complexity index is 449. The van der Waals surface area contributed by atoms with Gasteiger partial charge in [0.15, 0.2) is 0 Å². The van der Waals surface area contributed by atoms with E-state index in [4.69, 9.17) is 0 Å². The summed E-state index contributed by atoms with van der Waals surface area (Å²) in [6, 6.07) is 0. The molecule has 2 nitrogen and oxygen atoms in total. The van der Waals surface area contributed by atoms with Crippen LogP contribution in [0.5, 0.6) is 0 Å². The Balaban J connectivity index is 1.68. The van der Waals surface area contributed by atoms with Gasteiger partial charge in [-0.1, -0.05) is 20.8 Å². The fourth-order valence-electron chi connectivity index (χ4n) is 7.61. The summed E-state index contributed by atoms with van der Waals surface area (Å²) in [6.45, 7) is 7.33. The summed E-state index contributed by atoms with van der Waals surface area (Å²) >= 11 is 0. The quantitative estimate of drug-likeness (QED) is 0.710. The average Bonchev–Trinajstić information content (AvgIpc) is 2.75. The van der Waals surface area contributed by atoms with Gasteiger partial charge in [-0.3, -0.25) is 0 Å². The molecule has 0 saturated heterocycles. The predicted octanol–water partition coefficient (Wildman–Crippen LogP) is 4.00. The Kier molecular flexibility index (Phi) is 3.48.